The van der Waals surface area contributed by atoms with Gasteiger partial charge in [-0.05, 0) is 49.3 Å². The van der Waals surface area contributed by atoms with Gasteiger partial charge in [-0.15, -0.1) is 0 Å². The first-order valence-corrected chi connectivity index (χ1v) is 9.52. The van der Waals surface area contributed by atoms with E-state index < -0.39 is 22.8 Å². The average Bonchev–Trinajstić information content (AvgIpc) is 2.96. The van der Waals surface area contributed by atoms with Crippen LogP contribution in [0.4, 0.5) is 4.39 Å². The molecule has 3 N–H and O–H groups in total. The fraction of sp³-hybridized carbons (Fsp3) is 0.400. The molecule has 1 aliphatic carbocycles. The second-order valence-electron chi connectivity index (χ2n) is 7.65. The van der Waals surface area contributed by atoms with Gasteiger partial charge in [0.1, 0.15) is 11.6 Å². The lowest BCUT2D eigenvalue weighted by atomic mass is 9.77. The highest BCUT2D eigenvalue weighted by Gasteiger charge is 2.44. The van der Waals surface area contributed by atoms with Gasteiger partial charge in [-0.25, -0.2) is 9.37 Å². The molecule has 1 aromatic carbocycles. The number of carbonyl (C=O) groups is 2. The second-order valence-corrected chi connectivity index (χ2v) is 7.65. The number of aromatic hydroxyl groups is 1. The summed E-state index contributed by atoms with van der Waals surface area (Å²) in [6.45, 7) is 0.479. The molecule has 29 heavy (non-hydrogen) atoms. The lowest BCUT2D eigenvalue weighted by molar-refractivity contribution is -0.111. The van der Waals surface area contributed by atoms with Crippen LogP contribution in [0, 0.1) is 11.7 Å². The van der Waals surface area contributed by atoms with Crippen molar-refractivity contribution in [2.45, 2.75) is 44.3 Å². The second kappa shape index (κ2) is 7.31. The zero-order valence-corrected chi connectivity index (χ0v) is 15.7. The van der Waals surface area contributed by atoms with E-state index in [0.29, 0.717) is 37.2 Å². The summed E-state index contributed by atoms with van der Waals surface area (Å²) >= 11 is 0. The maximum absolute atomic E-state index is 13.0. The molecule has 0 radical (unpaired) electrons. The molecular weight excluding hydrogens is 379 g/mol. The van der Waals surface area contributed by atoms with Gasteiger partial charge >= 0.3 is 0 Å². The fourth-order valence-corrected chi connectivity index (χ4v) is 4.26. The van der Waals surface area contributed by atoms with E-state index in [2.05, 4.69) is 15.6 Å². The minimum Gasteiger partial charge on any atom is -0.501 e. The molecule has 8 nitrogen and oxygen atoms in total. The molecule has 1 saturated carbocycles. The van der Waals surface area contributed by atoms with E-state index in [1.807, 2.05) is 0 Å². The number of rotatable bonds is 5. The van der Waals surface area contributed by atoms with Gasteiger partial charge in [0, 0.05) is 13.1 Å². The molecule has 1 aromatic heterocycles. The standard InChI is InChI=1S/C20H21FN4O4/c21-14-3-1-12(2-4-14)9-22-17(28)15-16(27)18(29)25-10-13-5-7-20(8-6-13,23-11-26)19(25)24-15/h1-4,11,13,27H,5-10H2,(H,22,28)(H,23,26). The SMILES string of the molecule is O=CNC12CCC(CC1)Cn1c2nc(C(=O)NCc2ccc(F)cc2)c(O)c1=O. The van der Waals surface area contributed by atoms with Gasteiger partial charge < -0.3 is 15.7 Å². The first kappa shape index (κ1) is 19.1. The predicted octanol–water partition coefficient (Wildman–Crippen LogP) is 1.16. The first-order valence-electron chi connectivity index (χ1n) is 9.52. The zero-order chi connectivity index (χ0) is 20.6. The Bertz CT molecular complexity index is 1010. The molecule has 3 heterocycles. The van der Waals surface area contributed by atoms with Crippen LogP contribution in [0.1, 0.15) is 47.6 Å². The van der Waals surface area contributed by atoms with Crippen LogP contribution in [0.2, 0.25) is 0 Å². The van der Waals surface area contributed by atoms with Crippen LogP contribution in [0.5, 0.6) is 5.75 Å². The number of benzene rings is 1. The van der Waals surface area contributed by atoms with Crippen LogP contribution in [0.25, 0.3) is 0 Å². The van der Waals surface area contributed by atoms with Crippen molar-refractivity contribution >= 4 is 12.3 Å². The number of hydrogen-bond acceptors (Lipinski definition) is 5. The number of aromatic nitrogens is 2. The van der Waals surface area contributed by atoms with Gasteiger partial charge in [-0.3, -0.25) is 19.0 Å². The quantitative estimate of drug-likeness (QED) is 0.652. The van der Waals surface area contributed by atoms with Crippen molar-refractivity contribution in [3.63, 3.8) is 0 Å². The number of nitrogens with one attached hydrogen (secondary N) is 2. The third-order valence-corrected chi connectivity index (χ3v) is 5.89. The third-order valence-electron chi connectivity index (χ3n) is 5.89. The Morgan fingerprint density at radius 3 is 2.66 bits per heavy atom. The molecule has 152 valence electrons. The molecule has 0 atom stereocenters. The van der Waals surface area contributed by atoms with Crippen LogP contribution in [0.15, 0.2) is 29.1 Å². The van der Waals surface area contributed by atoms with Gasteiger partial charge in [-0.2, -0.15) is 0 Å². The summed E-state index contributed by atoms with van der Waals surface area (Å²) < 4.78 is 14.4. The molecule has 9 heteroatoms. The molecule has 2 aliphatic heterocycles. The van der Waals surface area contributed by atoms with E-state index in [1.165, 1.54) is 28.8 Å². The minimum absolute atomic E-state index is 0.0818. The van der Waals surface area contributed by atoms with Gasteiger partial charge in [0.05, 0.1) is 5.54 Å². The van der Waals surface area contributed by atoms with Crippen molar-refractivity contribution in [1.82, 2.24) is 20.2 Å². The summed E-state index contributed by atoms with van der Waals surface area (Å²) in [6.07, 6.45) is 3.45. The van der Waals surface area contributed by atoms with Gasteiger partial charge in [0.2, 0.25) is 12.2 Å². The van der Waals surface area contributed by atoms with Crippen molar-refractivity contribution in [3.8, 4) is 5.75 Å². The highest BCUT2D eigenvalue weighted by molar-refractivity contribution is 5.94. The molecule has 0 spiro atoms. The monoisotopic (exact) mass is 400 g/mol. The van der Waals surface area contributed by atoms with Crippen LogP contribution in [-0.2, 0) is 23.4 Å². The summed E-state index contributed by atoms with van der Waals surface area (Å²) in [6, 6.07) is 5.60. The molecule has 3 aliphatic rings. The van der Waals surface area contributed by atoms with E-state index in [-0.39, 0.29) is 24.0 Å². The maximum atomic E-state index is 13.0. The number of halogens is 1. The van der Waals surface area contributed by atoms with Crippen LogP contribution in [0.3, 0.4) is 0 Å². The van der Waals surface area contributed by atoms with Crippen molar-refractivity contribution in [2.24, 2.45) is 5.92 Å². The molecule has 1 fully saturated rings. The number of carbonyl (C=O) groups excluding carboxylic acids is 2. The summed E-state index contributed by atoms with van der Waals surface area (Å²) in [5, 5.41) is 15.8. The average molecular weight is 400 g/mol. The van der Waals surface area contributed by atoms with Crippen LogP contribution in [-0.4, -0.2) is 27.0 Å². The van der Waals surface area contributed by atoms with E-state index in [0.717, 1.165) is 12.8 Å². The lowest BCUT2D eigenvalue weighted by Gasteiger charge is -2.35. The van der Waals surface area contributed by atoms with Gasteiger partial charge in [0.15, 0.2) is 5.69 Å². The Balaban J connectivity index is 1.69. The lowest BCUT2D eigenvalue weighted by Crippen LogP contribution is -2.46. The molecule has 2 aromatic rings. The molecule has 0 saturated heterocycles. The Hall–Kier alpha value is -3.23. The van der Waals surface area contributed by atoms with Crippen molar-refractivity contribution in [3.05, 3.63) is 57.5 Å². The van der Waals surface area contributed by atoms with Crippen LogP contribution < -0.4 is 16.2 Å². The third kappa shape index (κ3) is 3.37. The Morgan fingerprint density at radius 1 is 1.31 bits per heavy atom. The van der Waals surface area contributed by atoms with E-state index in [9.17, 15) is 23.9 Å². The van der Waals surface area contributed by atoms with Gasteiger partial charge in [0.25, 0.3) is 11.5 Å². The van der Waals surface area contributed by atoms with E-state index >= 15 is 0 Å². The van der Waals surface area contributed by atoms with Crippen molar-refractivity contribution < 1.29 is 19.1 Å². The first-order chi connectivity index (χ1) is 13.9. The summed E-state index contributed by atoms with van der Waals surface area (Å²) in [5.41, 5.74) is -1.23. The van der Waals surface area contributed by atoms with E-state index in [4.69, 9.17) is 0 Å². The number of hydrogen-bond donors (Lipinski definition) is 3. The molecule has 0 unspecified atom stereocenters. The Morgan fingerprint density at radius 2 is 2.00 bits per heavy atom. The Kier molecular flexibility index (Phi) is 4.81. The molecule has 5 rings (SSSR count). The fourth-order valence-electron chi connectivity index (χ4n) is 4.26. The smallest absolute Gasteiger partial charge is 0.296 e. The highest BCUT2D eigenvalue weighted by atomic mass is 19.1. The topological polar surface area (TPSA) is 113 Å². The van der Waals surface area contributed by atoms with Crippen molar-refractivity contribution in [2.75, 3.05) is 0 Å². The largest absolute Gasteiger partial charge is 0.501 e. The maximum Gasteiger partial charge on any atom is 0.296 e. The normalized spacial score (nSPS) is 22.4. The highest BCUT2D eigenvalue weighted by Crippen LogP contribution is 2.42. The van der Waals surface area contributed by atoms with Gasteiger partial charge in [-0.1, -0.05) is 12.1 Å². The molecule has 2 amide bonds. The van der Waals surface area contributed by atoms with E-state index in [1.54, 1.807) is 0 Å². The summed E-state index contributed by atoms with van der Waals surface area (Å²) in [5.74, 6) is -1.25. The minimum atomic E-state index is -0.826. The molecular formula is C20H21FN4O4. The number of fused-ring (bicyclic) bond motifs is 2. The summed E-state index contributed by atoms with van der Waals surface area (Å²) in [4.78, 5) is 41.1. The summed E-state index contributed by atoms with van der Waals surface area (Å²) in [7, 11) is 0. The molecule has 2 bridgehead atoms. The predicted molar refractivity (Wildman–Crippen MR) is 101 cm³/mol. The van der Waals surface area contributed by atoms with Crippen LogP contribution >= 0.6 is 0 Å². The Labute approximate surface area is 165 Å². The zero-order valence-electron chi connectivity index (χ0n) is 15.7. The number of nitrogens with zero attached hydrogens (tertiary/aromatic N) is 2. The van der Waals surface area contributed by atoms with Crippen molar-refractivity contribution in [1.29, 1.82) is 0 Å². The number of amides is 2.